The van der Waals surface area contributed by atoms with E-state index >= 15 is 0 Å². The van der Waals surface area contributed by atoms with Crippen LogP contribution in [0.3, 0.4) is 0 Å². The van der Waals surface area contributed by atoms with Crippen molar-refractivity contribution in [3.8, 4) is 0 Å². The predicted molar refractivity (Wildman–Crippen MR) is 96.7 cm³/mol. The zero-order valence-corrected chi connectivity index (χ0v) is 15.7. The predicted octanol–water partition coefficient (Wildman–Crippen LogP) is 1.14. The molecule has 0 unspecified atom stereocenters. The van der Waals surface area contributed by atoms with Gasteiger partial charge in [-0.15, -0.1) is 0 Å². The van der Waals surface area contributed by atoms with Gasteiger partial charge in [-0.25, -0.2) is 4.99 Å². The molecule has 1 heterocycles. The Morgan fingerprint density at radius 1 is 1.22 bits per heavy atom. The van der Waals surface area contributed by atoms with E-state index in [0.717, 1.165) is 38.4 Å². The summed E-state index contributed by atoms with van der Waals surface area (Å²) in [5.74, 6) is 1.32. The SMILES string of the molecule is CC(C)CNC(=NCC(=O)N(C)C)NC1CCN(C(C)C)CC1. The lowest BCUT2D eigenvalue weighted by Crippen LogP contribution is -2.50. The summed E-state index contributed by atoms with van der Waals surface area (Å²) in [7, 11) is 3.52. The molecule has 1 fully saturated rings. The normalized spacial score (nSPS) is 17.7. The number of likely N-dealkylation sites (tertiary alicyclic amines) is 1. The molecule has 1 rings (SSSR count). The fraction of sp³-hybridized carbons (Fsp3) is 0.882. The lowest BCUT2D eigenvalue weighted by Gasteiger charge is -2.35. The van der Waals surface area contributed by atoms with E-state index in [4.69, 9.17) is 0 Å². The molecule has 1 aliphatic heterocycles. The fourth-order valence-electron chi connectivity index (χ4n) is 2.50. The number of guanidine groups is 1. The number of carbonyl (C=O) groups excluding carboxylic acids is 1. The maximum absolute atomic E-state index is 11.8. The van der Waals surface area contributed by atoms with Crippen LogP contribution in [0.1, 0.15) is 40.5 Å². The summed E-state index contributed by atoms with van der Waals surface area (Å²) in [6, 6.07) is 1.04. The summed E-state index contributed by atoms with van der Waals surface area (Å²) < 4.78 is 0. The summed E-state index contributed by atoms with van der Waals surface area (Å²) in [5.41, 5.74) is 0. The fourth-order valence-corrected chi connectivity index (χ4v) is 2.50. The van der Waals surface area contributed by atoms with Crippen molar-refractivity contribution in [1.82, 2.24) is 20.4 Å². The Hall–Kier alpha value is -1.30. The molecule has 0 aromatic rings. The summed E-state index contributed by atoms with van der Waals surface area (Å²) >= 11 is 0. The Kier molecular flexibility index (Phi) is 8.37. The van der Waals surface area contributed by atoms with Gasteiger partial charge in [0.2, 0.25) is 5.91 Å². The molecule has 6 heteroatoms. The van der Waals surface area contributed by atoms with Gasteiger partial charge in [-0.2, -0.15) is 0 Å². The topological polar surface area (TPSA) is 60.0 Å². The second-order valence-electron chi connectivity index (χ2n) is 7.28. The van der Waals surface area contributed by atoms with Gasteiger partial charge in [0.05, 0.1) is 0 Å². The van der Waals surface area contributed by atoms with Gasteiger partial charge in [0.15, 0.2) is 5.96 Å². The van der Waals surface area contributed by atoms with Crippen molar-refractivity contribution in [3.05, 3.63) is 0 Å². The van der Waals surface area contributed by atoms with E-state index in [9.17, 15) is 4.79 Å². The third kappa shape index (κ3) is 7.68. The molecule has 0 spiro atoms. The Balaban J connectivity index is 2.55. The Bertz CT molecular complexity index is 384. The second-order valence-corrected chi connectivity index (χ2v) is 7.28. The van der Waals surface area contributed by atoms with Crippen LogP contribution >= 0.6 is 0 Å². The number of likely N-dealkylation sites (N-methyl/N-ethyl adjacent to an activating group) is 1. The second kappa shape index (κ2) is 9.75. The first-order valence-corrected chi connectivity index (χ1v) is 8.78. The van der Waals surface area contributed by atoms with E-state index in [1.165, 1.54) is 0 Å². The van der Waals surface area contributed by atoms with Gasteiger partial charge in [0.1, 0.15) is 6.54 Å². The summed E-state index contributed by atoms with van der Waals surface area (Å²) in [5, 5.41) is 6.86. The van der Waals surface area contributed by atoms with Gasteiger partial charge < -0.3 is 20.4 Å². The van der Waals surface area contributed by atoms with E-state index in [1.807, 2.05) is 0 Å². The lowest BCUT2D eigenvalue weighted by atomic mass is 10.0. The number of hydrogen-bond donors (Lipinski definition) is 2. The average Bonchev–Trinajstić information content (AvgIpc) is 2.49. The van der Waals surface area contributed by atoms with Gasteiger partial charge in [-0.3, -0.25) is 4.79 Å². The molecule has 0 aromatic heterocycles. The molecule has 1 aliphatic rings. The third-order valence-corrected chi connectivity index (χ3v) is 4.15. The van der Waals surface area contributed by atoms with E-state index in [1.54, 1.807) is 19.0 Å². The van der Waals surface area contributed by atoms with Crippen LogP contribution in [-0.4, -0.2) is 74.0 Å². The van der Waals surface area contributed by atoms with Gasteiger partial charge in [-0.05, 0) is 32.6 Å². The highest BCUT2D eigenvalue weighted by molar-refractivity contribution is 5.84. The number of rotatable bonds is 6. The van der Waals surface area contributed by atoms with Crippen molar-refractivity contribution in [3.63, 3.8) is 0 Å². The van der Waals surface area contributed by atoms with E-state index < -0.39 is 0 Å². The van der Waals surface area contributed by atoms with Crippen molar-refractivity contribution in [2.75, 3.05) is 40.3 Å². The quantitative estimate of drug-likeness (QED) is 0.568. The minimum absolute atomic E-state index is 0.0188. The van der Waals surface area contributed by atoms with E-state index in [-0.39, 0.29) is 12.5 Å². The van der Waals surface area contributed by atoms with E-state index in [2.05, 4.69) is 48.2 Å². The maximum Gasteiger partial charge on any atom is 0.243 e. The first kappa shape index (κ1) is 19.7. The van der Waals surface area contributed by atoms with Crippen molar-refractivity contribution in [2.45, 2.75) is 52.6 Å². The zero-order chi connectivity index (χ0) is 17.4. The molecule has 1 saturated heterocycles. The molecular formula is C17H35N5O. The van der Waals surface area contributed by atoms with Crippen LogP contribution in [-0.2, 0) is 4.79 Å². The molecular weight excluding hydrogens is 290 g/mol. The van der Waals surface area contributed by atoms with Crippen LogP contribution in [0.4, 0.5) is 0 Å². The number of carbonyl (C=O) groups is 1. The maximum atomic E-state index is 11.8. The molecule has 6 nitrogen and oxygen atoms in total. The smallest absolute Gasteiger partial charge is 0.243 e. The standard InChI is InChI=1S/C17H35N5O/c1-13(2)11-18-17(19-12-16(23)21(5)6)20-15-7-9-22(10-8-15)14(3)4/h13-15H,7-12H2,1-6H3,(H2,18,19,20). The van der Waals surface area contributed by atoms with Gasteiger partial charge in [0.25, 0.3) is 0 Å². The molecule has 1 amide bonds. The van der Waals surface area contributed by atoms with Crippen molar-refractivity contribution in [1.29, 1.82) is 0 Å². The minimum Gasteiger partial charge on any atom is -0.356 e. The Labute approximate surface area is 141 Å². The molecule has 134 valence electrons. The number of nitrogens with one attached hydrogen (secondary N) is 2. The average molecular weight is 326 g/mol. The van der Waals surface area contributed by atoms with Crippen LogP contribution in [0.2, 0.25) is 0 Å². The summed E-state index contributed by atoms with van der Waals surface area (Å²) in [6.07, 6.45) is 2.23. The monoisotopic (exact) mass is 325 g/mol. The Morgan fingerprint density at radius 3 is 2.30 bits per heavy atom. The minimum atomic E-state index is 0.0188. The van der Waals surface area contributed by atoms with Crippen LogP contribution in [0.5, 0.6) is 0 Å². The number of amides is 1. The summed E-state index contributed by atoms with van der Waals surface area (Å²) in [4.78, 5) is 20.3. The highest BCUT2D eigenvalue weighted by Gasteiger charge is 2.21. The van der Waals surface area contributed by atoms with E-state index in [0.29, 0.717) is 18.0 Å². The Morgan fingerprint density at radius 2 is 1.83 bits per heavy atom. The highest BCUT2D eigenvalue weighted by atomic mass is 16.2. The summed E-state index contributed by atoms with van der Waals surface area (Å²) in [6.45, 7) is 12.1. The zero-order valence-electron chi connectivity index (χ0n) is 15.7. The van der Waals surface area contributed by atoms with Crippen LogP contribution in [0, 0.1) is 5.92 Å². The van der Waals surface area contributed by atoms with Crippen LogP contribution in [0.15, 0.2) is 4.99 Å². The molecule has 0 bridgehead atoms. The highest BCUT2D eigenvalue weighted by Crippen LogP contribution is 2.12. The molecule has 0 atom stereocenters. The molecule has 0 radical (unpaired) electrons. The molecule has 0 saturated carbocycles. The molecule has 0 aliphatic carbocycles. The van der Waals surface area contributed by atoms with Gasteiger partial charge in [-0.1, -0.05) is 13.8 Å². The third-order valence-electron chi connectivity index (χ3n) is 4.15. The van der Waals surface area contributed by atoms with Gasteiger partial charge >= 0.3 is 0 Å². The largest absolute Gasteiger partial charge is 0.356 e. The number of nitrogens with zero attached hydrogens (tertiary/aromatic N) is 3. The van der Waals surface area contributed by atoms with Crippen molar-refractivity contribution in [2.24, 2.45) is 10.9 Å². The van der Waals surface area contributed by atoms with Crippen molar-refractivity contribution >= 4 is 11.9 Å². The number of piperidine rings is 1. The number of hydrogen-bond acceptors (Lipinski definition) is 3. The molecule has 2 N–H and O–H groups in total. The van der Waals surface area contributed by atoms with Crippen molar-refractivity contribution < 1.29 is 4.79 Å². The van der Waals surface area contributed by atoms with Crippen LogP contribution in [0.25, 0.3) is 0 Å². The first-order chi connectivity index (χ1) is 10.8. The lowest BCUT2D eigenvalue weighted by molar-refractivity contribution is -0.127. The first-order valence-electron chi connectivity index (χ1n) is 8.78. The molecule has 23 heavy (non-hydrogen) atoms. The van der Waals surface area contributed by atoms with Crippen LogP contribution < -0.4 is 10.6 Å². The van der Waals surface area contributed by atoms with Gasteiger partial charge in [0, 0.05) is 45.8 Å². The molecule has 0 aromatic carbocycles. The number of aliphatic imine (C=N–C) groups is 1.